The third kappa shape index (κ3) is 3.22. The van der Waals surface area contributed by atoms with Gasteiger partial charge in [-0.3, -0.25) is 0 Å². The highest BCUT2D eigenvalue weighted by molar-refractivity contribution is 5.63. The van der Waals surface area contributed by atoms with Crippen molar-refractivity contribution in [3.05, 3.63) is 35.5 Å². The maximum absolute atomic E-state index is 5.73. The molecule has 2 N–H and O–H groups in total. The number of benzene rings is 1. The van der Waals surface area contributed by atoms with Gasteiger partial charge < -0.3 is 10.5 Å². The van der Waals surface area contributed by atoms with Crippen LogP contribution >= 0.6 is 0 Å². The molecule has 4 nitrogen and oxygen atoms in total. The summed E-state index contributed by atoms with van der Waals surface area (Å²) in [6.45, 7) is 7.97. The Labute approximate surface area is 113 Å². The number of anilines is 1. The van der Waals surface area contributed by atoms with Crippen LogP contribution in [-0.2, 0) is 0 Å². The van der Waals surface area contributed by atoms with E-state index in [0.29, 0.717) is 5.95 Å². The molecule has 0 saturated carbocycles. The normalized spacial score (nSPS) is 10.8. The van der Waals surface area contributed by atoms with Crippen LogP contribution in [0.25, 0.3) is 11.3 Å². The van der Waals surface area contributed by atoms with Crippen molar-refractivity contribution in [3.63, 3.8) is 0 Å². The first-order valence-electron chi connectivity index (χ1n) is 6.34. The molecule has 2 aromatic rings. The van der Waals surface area contributed by atoms with E-state index < -0.39 is 0 Å². The van der Waals surface area contributed by atoms with Crippen LogP contribution in [0, 0.1) is 13.8 Å². The van der Waals surface area contributed by atoms with Gasteiger partial charge >= 0.3 is 0 Å². The van der Waals surface area contributed by atoms with Crippen molar-refractivity contribution in [3.8, 4) is 17.0 Å². The van der Waals surface area contributed by atoms with Crippen LogP contribution in [0.1, 0.15) is 25.1 Å². The molecule has 0 aliphatic heterocycles. The van der Waals surface area contributed by atoms with E-state index in [1.165, 1.54) is 0 Å². The molecule has 2 rings (SSSR count). The van der Waals surface area contributed by atoms with Crippen molar-refractivity contribution < 1.29 is 4.74 Å². The fraction of sp³-hybridized carbons (Fsp3) is 0.333. The zero-order valence-electron chi connectivity index (χ0n) is 11.8. The molecular formula is C15H19N3O. The molecule has 1 aromatic heterocycles. The third-order valence-electron chi connectivity index (χ3n) is 2.70. The molecule has 0 aliphatic carbocycles. The van der Waals surface area contributed by atoms with Gasteiger partial charge in [-0.05, 0) is 57.5 Å². The van der Waals surface area contributed by atoms with Gasteiger partial charge in [0.15, 0.2) is 0 Å². The van der Waals surface area contributed by atoms with Crippen LogP contribution in [0.2, 0.25) is 0 Å². The predicted octanol–water partition coefficient (Wildman–Crippen LogP) is 3.13. The number of aryl methyl sites for hydroxylation is 2. The number of ether oxygens (including phenoxy) is 1. The number of nitrogen functional groups attached to an aromatic ring is 1. The molecule has 0 atom stereocenters. The van der Waals surface area contributed by atoms with Gasteiger partial charge in [-0.2, -0.15) is 0 Å². The van der Waals surface area contributed by atoms with E-state index in [2.05, 4.69) is 16.0 Å². The van der Waals surface area contributed by atoms with Crippen LogP contribution in [-0.4, -0.2) is 16.1 Å². The minimum absolute atomic E-state index is 0.168. The molecule has 0 bridgehead atoms. The second-order valence-corrected chi connectivity index (χ2v) is 4.90. The topological polar surface area (TPSA) is 61.0 Å². The molecule has 19 heavy (non-hydrogen) atoms. The Hall–Kier alpha value is -2.10. The highest BCUT2D eigenvalue weighted by atomic mass is 16.5. The Kier molecular flexibility index (Phi) is 3.69. The summed E-state index contributed by atoms with van der Waals surface area (Å²) < 4.78 is 5.73. The lowest BCUT2D eigenvalue weighted by molar-refractivity contribution is 0.241. The summed E-state index contributed by atoms with van der Waals surface area (Å²) in [7, 11) is 0. The minimum atomic E-state index is 0.168. The SMILES string of the molecule is Cc1cc(-c2ccc(OC(C)C)c(C)c2)nc(N)n1. The quantitative estimate of drug-likeness (QED) is 0.917. The standard InChI is InChI=1S/C15H19N3O/c1-9(2)19-14-6-5-12(7-10(14)3)13-8-11(4)17-15(16)18-13/h5-9H,1-4H3,(H2,16,17,18). The zero-order valence-corrected chi connectivity index (χ0v) is 11.8. The molecule has 0 amide bonds. The van der Waals surface area contributed by atoms with Gasteiger partial charge in [0, 0.05) is 11.3 Å². The van der Waals surface area contributed by atoms with Gasteiger partial charge in [0.1, 0.15) is 5.75 Å². The lowest BCUT2D eigenvalue weighted by Crippen LogP contribution is -2.06. The maximum atomic E-state index is 5.73. The van der Waals surface area contributed by atoms with Gasteiger partial charge in [0.05, 0.1) is 11.8 Å². The van der Waals surface area contributed by atoms with Crippen LogP contribution in [0.15, 0.2) is 24.3 Å². The van der Waals surface area contributed by atoms with E-state index in [0.717, 1.165) is 28.3 Å². The molecule has 0 spiro atoms. The van der Waals surface area contributed by atoms with Crippen molar-refractivity contribution in [1.29, 1.82) is 0 Å². The molecule has 1 aromatic carbocycles. The van der Waals surface area contributed by atoms with E-state index in [4.69, 9.17) is 10.5 Å². The van der Waals surface area contributed by atoms with E-state index in [-0.39, 0.29) is 6.10 Å². The van der Waals surface area contributed by atoms with E-state index in [1.807, 2.05) is 45.9 Å². The second-order valence-electron chi connectivity index (χ2n) is 4.90. The molecule has 100 valence electrons. The van der Waals surface area contributed by atoms with Crippen molar-refractivity contribution in [2.45, 2.75) is 33.8 Å². The first-order valence-corrected chi connectivity index (χ1v) is 6.34. The van der Waals surface area contributed by atoms with Crippen molar-refractivity contribution in [1.82, 2.24) is 9.97 Å². The summed E-state index contributed by atoms with van der Waals surface area (Å²) in [5, 5.41) is 0. The Morgan fingerprint density at radius 2 is 1.84 bits per heavy atom. The minimum Gasteiger partial charge on any atom is -0.491 e. The summed E-state index contributed by atoms with van der Waals surface area (Å²) in [6.07, 6.45) is 0.168. The van der Waals surface area contributed by atoms with E-state index in [1.54, 1.807) is 0 Å². The van der Waals surface area contributed by atoms with E-state index in [9.17, 15) is 0 Å². The van der Waals surface area contributed by atoms with Gasteiger partial charge in [-0.1, -0.05) is 0 Å². The number of nitrogens with zero attached hydrogens (tertiary/aromatic N) is 2. The van der Waals surface area contributed by atoms with Gasteiger partial charge in [0.25, 0.3) is 0 Å². The van der Waals surface area contributed by atoms with Crippen LogP contribution in [0.4, 0.5) is 5.95 Å². The zero-order chi connectivity index (χ0) is 14.0. The van der Waals surface area contributed by atoms with E-state index >= 15 is 0 Å². The second kappa shape index (κ2) is 5.26. The lowest BCUT2D eigenvalue weighted by atomic mass is 10.1. The van der Waals surface area contributed by atoms with Crippen molar-refractivity contribution in [2.24, 2.45) is 0 Å². The Morgan fingerprint density at radius 1 is 1.11 bits per heavy atom. The average Bonchev–Trinajstić information content (AvgIpc) is 2.30. The molecule has 4 heteroatoms. The number of nitrogens with two attached hydrogens (primary N) is 1. The average molecular weight is 257 g/mol. The summed E-state index contributed by atoms with van der Waals surface area (Å²) >= 11 is 0. The van der Waals surface area contributed by atoms with Crippen molar-refractivity contribution in [2.75, 3.05) is 5.73 Å². The third-order valence-corrected chi connectivity index (χ3v) is 2.70. The number of hydrogen-bond donors (Lipinski definition) is 1. The predicted molar refractivity (Wildman–Crippen MR) is 77.1 cm³/mol. The Morgan fingerprint density at radius 3 is 2.42 bits per heavy atom. The monoisotopic (exact) mass is 257 g/mol. The molecule has 0 radical (unpaired) electrons. The molecule has 0 unspecified atom stereocenters. The lowest BCUT2D eigenvalue weighted by Gasteiger charge is -2.13. The van der Waals surface area contributed by atoms with Crippen LogP contribution < -0.4 is 10.5 Å². The molecule has 1 heterocycles. The number of rotatable bonds is 3. The highest BCUT2D eigenvalue weighted by Gasteiger charge is 2.07. The number of aromatic nitrogens is 2. The number of hydrogen-bond acceptors (Lipinski definition) is 4. The molecule has 0 saturated heterocycles. The largest absolute Gasteiger partial charge is 0.491 e. The fourth-order valence-electron chi connectivity index (χ4n) is 1.93. The smallest absolute Gasteiger partial charge is 0.220 e. The Balaban J connectivity index is 2.38. The highest BCUT2D eigenvalue weighted by Crippen LogP contribution is 2.26. The fourth-order valence-corrected chi connectivity index (χ4v) is 1.93. The van der Waals surface area contributed by atoms with Crippen LogP contribution in [0.5, 0.6) is 5.75 Å². The summed E-state index contributed by atoms with van der Waals surface area (Å²) in [6, 6.07) is 7.94. The molecule has 0 fully saturated rings. The summed E-state index contributed by atoms with van der Waals surface area (Å²) in [5.74, 6) is 1.20. The first-order chi connectivity index (χ1) is 8.95. The maximum Gasteiger partial charge on any atom is 0.220 e. The summed E-state index contributed by atoms with van der Waals surface area (Å²) in [4.78, 5) is 8.34. The molecular weight excluding hydrogens is 238 g/mol. The van der Waals surface area contributed by atoms with Gasteiger partial charge in [0.2, 0.25) is 5.95 Å². The van der Waals surface area contributed by atoms with Crippen LogP contribution in [0.3, 0.4) is 0 Å². The first kappa shape index (κ1) is 13.3. The van der Waals surface area contributed by atoms with Gasteiger partial charge in [-0.15, -0.1) is 0 Å². The van der Waals surface area contributed by atoms with Crippen molar-refractivity contribution >= 4 is 5.95 Å². The van der Waals surface area contributed by atoms with Gasteiger partial charge in [-0.25, -0.2) is 9.97 Å². The molecule has 0 aliphatic rings. The summed E-state index contributed by atoms with van der Waals surface area (Å²) in [5.41, 5.74) is 9.49. The Bertz CT molecular complexity index is 574.